The Hall–Kier alpha value is -1.66. The summed E-state index contributed by atoms with van der Waals surface area (Å²) in [5, 5.41) is 17.2. The van der Waals surface area contributed by atoms with Gasteiger partial charge in [0.15, 0.2) is 0 Å². The Balaban J connectivity index is 2.17. The minimum absolute atomic E-state index is 0.000152. The van der Waals surface area contributed by atoms with Gasteiger partial charge in [0.2, 0.25) is 0 Å². The zero-order valence-electron chi connectivity index (χ0n) is 10.2. The number of rotatable bonds is 3. The lowest BCUT2D eigenvalue weighted by molar-refractivity contribution is -0.385. The quantitative estimate of drug-likeness (QED) is 0.653. The van der Waals surface area contributed by atoms with Crippen molar-refractivity contribution in [2.75, 3.05) is 13.1 Å². The van der Waals surface area contributed by atoms with Gasteiger partial charge in [0.1, 0.15) is 5.56 Å². The van der Waals surface area contributed by atoms with Crippen molar-refractivity contribution in [3.05, 3.63) is 38.9 Å². The van der Waals surface area contributed by atoms with Gasteiger partial charge in [-0.3, -0.25) is 14.9 Å². The van der Waals surface area contributed by atoms with Crippen LogP contribution in [0.15, 0.2) is 18.2 Å². The van der Waals surface area contributed by atoms with E-state index in [9.17, 15) is 14.9 Å². The number of nitro benzene ring substituents is 1. The lowest BCUT2D eigenvalue weighted by Crippen LogP contribution is -2.45. The summed E-state index contributed by atoms with van der Waals surface area (Å²) < 4.78 is 0. The van der Waals surface area contributed by atoms with Gasteiger partial charge in [0, 0.05) is 23.7 Å². The molecule has 0 saturated carbocycles. The lowest BCUT2D eigenvalue weighted by Gasteiger charge is -2.23. The maximum atomic E-state index is 12.1. The van der Waals surface area contributed by atoms with Crippen LogP contribution in [-0.4, -0.2) is 30.0 Å². The van der Waals surface area contributed by atoms with E-state index in [0.29, 0.717) is 11.6 Å². The largest absolute Gasteiger partial charge is 0.348 e. The first-order chi connectivity index (χ1) is 9.08. The molecule has 1 aromatic rings. The standard InChI is InChI=1S/C12H14ClN3O3/c13-8-3-4-11(16(18)19)10(6-8)12(17)15-9-2-1-5-14-7-9/h3-4,6,9,14H,1-2,5,7H2,(H,15,17)/t9-/m1/s1. The molecule has 0 bridgehead atoms. The third-order valence-electron chi connectivity index (χ3n) is 3.03. The SMILES string of the molecule is O=C(N[C@@H]1CCCNC1)c1cc(Cl)ccc1[N+](=O)[O-]. The average molecular weight is 284 g/mol. The number of nitrogens with zero attached hydrogens (tertiary/aromatic N) is 1. The second kappa shape index (κ2) is 5.99. The van der Waals surface area contributed by atoms with Crippen molar-refractivity contribution in [3.63, 3.8) is 0 Å². The molecule has 0 radical (unpaired) electrons. The molecular weight excluding hydrogens is 270 g/mol. The van der Waals surface area contributed by atoms with Crippen molar-refractivity contribution < 1.29 is 9.72 Å². The Labute approximate surface area is 115 Å². The van der Waals surface area contributed by atoms with Crippen LogP contribution in [-0.2, 0) is 0 Å². The highest BCUT2D eigenvalue weighted by atomic mass is 35.5. The smallest absolute Gasteiger partial charge is 0.282 e. The summed E-state index contributed by atoms with van der Waals surface area (Å²) in [6.45, 7) is 1.61. The number of hydrogen-bond acceptors (Lipinski definition) is 4. The minimum atomic E-state index is -0.579. The fourth-order valence-corrected chi connectivity index (χ4v) is 2.26. The summed E-state index contributed by atoms with van der Waals surface area (Å²) in [5.41, 5.74) is -0.228. The van der Waals surface area contributed by atoms with Crippen molar-refractivity contribution in [2.45, 2.75) is 18.9 Å². The highest BCUT2D eigenvalue weighted by Crippen LogP contribution is 2.22. The number of carbonyl (C=O) groups excluding carboxylic acids is 1. The maximum Gasteiger partial charge on any atom is 0.282 e. The van der Waals surface area contributed by atoms with Gasteiger partial charge in [-0.15, -0.1) is 0 Å². The van der Waals surface area contributed by atoms with Crippen molar-refractivity contribution in [1.82, 2.24) is 10.6 Å². The topological polar surface area (TPSA) is 84.3 Å². The molecule has 102 valence electrons. The third kappa shape index (κ3) is 3.42. The Kier molecular flexibility index (Phi) is 4.34. The summed E-state index contributed by atoms with van der Waals surface area (Å²) in [5.74, 6) is -0.456. The Morgan fingerprint density at radius 2 is 2.32 bits per heavy atom. The molecule has 0 aliphatic carbocycles. The molecule has 1 aliphatic heterocycles. The van der Waals surface area contributed by atoms with Gasteiger partial charge in [-0.1, -0.05) is 11.6 Å². The number of amides is 1. The minimum Gasteiger partial charge on any atom is -0.348 e. The van der Waals surface area contributed by atoms with Crippen LogP contribution in [0.1, 0.15) is 23.2 Å². The molecule has 1 aliphatic rings. The van der Waals surface area contributed by atoms with E-state index in [0.717, 1.165) is 19.4 Å². The number of benzene rings is 1. The number of piperidine rings is 1. The zero-order valence-corrected chi connectivity index (χ0v) is 10.9. The predicted octanol–water partition coefficient (Wildman–Crippen LogP) is 1.73. The molecule has 1 saturated heterocycles. The molecule has 1 amide bonds. The Bertz CT molecular complexity index is 501. The van der Waals surface area contributed by atoms with E-state index < -0.39 is 10.8 Å². The van der Waals surface area contributed by atoms with E-state index in [1.54, 1.807) is 0 Å². The summed E-state index contributed by atoms with van der Waals surface area (Å²) in [4.78, 5) is 22.4. The van der Waals surface area contributed by atoms with Crippen LogP contribution in [0.25, 0.3) is 0 Å². The van der Waals surface area contributed by atoms with Crippen LogP contribution >= 0.6 is 11.6 Å². The molecule has 6 nitrogen and oxygen atoms in total. The highest BCUT2D eigenvalue weighted by Gasteiger charge is 2.23. The van der Waals surface area contributed by atoms with Gasteiger partial charge in [-0.25, -0.2) is 0 Å². The van der Waals surface area contributed by atoms with E-state index in [1.807, 2.05) is 0 Å². The summed E-state index contributed by atoms with van der Waals surface area (Å²) in [6, 6.07) is 3.97. The lowest BCUT2D eigenvalue weighted by atomic mass is 10.1. The van der Waals surface area contributed by atoms with Gasteiger partial charge in [-0.05, 0) is 31.5 Å². The number of nitro groups is 1. The molecule has 7 heteroatoms. The predicted molar refractivity (Wildman–Crippen MR) is 71.5 cm³/mol. The number of halogens is 1. The molecule has 0 spiro atoms. The van der Waals surface area contributed by atoms with Crippen molar-refractivity contribution in [1.29, 1.82) is 0 Å². The fraction of sp³-hybridized carbons (Fsp3) is 0.417. The maximum absolute atomic E-state index is 12.1. The molecule has 0 aromatic heterocycles. The van der Waals surface area contributed by atoms with Crippen LogP contribution in [0.2, 0.25) is 5.02 Å². The summed E-state index contributed by atoms with van der Waals surface area (Å²) in [6.07, 6.45) is 1.84. The molecular formula is C12H14ClN3O3. The Morgan fingerprint density at radius 1 is 1.53 bits per heavy atom. The molecule has 1 aromatic carbocycles. The van der Waals surface area contributed by atoms with Crippen LogP contribution < -0.4 is 10.6 Å². The second-order valence-corrected chi connectivity index (χ2v) is 4.87. The molecule has 1 fully saturated rings. The second-order valence-electron chi connectivity index (χ2n) is 4.44. The monoisotopic (exact) mass is 283 g/mol. The highest BCUT2D eigenvalue weighted by molar-refractivity contribution is 6.31. The molecule has 2 N–H and O–H groups in total. The van der Waals surface area contributed by atoms with Gasteiger partial charge in [0.05, 0.1) is 4.92 Å². The zero-order chi connectivity index (χ0) is 13.8. The average Bonchev–Trinajstić information content (AvgIpc) is 2.39. The Morgan fingerprint density at radius 3 is 2.95 bits per heavy atom. The van der Waals surface area contributed by atoms with Crippen molar-refractivity contribution in [2.24, 2.45) is 0 Å². The van der Waals surface area contributed by atoms with Crippen LogP contribution in [0.3, 0.4) is 0 Å². The first-order valence-electron chi connectivity index (χ1n) is 6.03. The van der Waals surface area contributed by atoms with E-state index in [4.69, 9.17) is 11.6 Å². The van der Waals surface area contributed by atoms with E-state index in [2.05, 4.69) is 10.6 Å². The third-order valence-corrected chi connectivity index (χ3v) is 3.27. The van der Waals surface area contributed by atoms with Gasteiger partial charge in [-0.2, -0.15) is 0 Å². The van der Waals surface area contributed by atoms with Crippen LogP contribution in [0.5, 0.6) is 0 Å². The van der Waals surface area contributed by atoms with Crippen LogP contribution in [0, 0.1) is 10.1 Å². The first-order valence-corrected chi connectivity index (χ1v) is 6.41. The molecule has 1 heterocycles. The molecule has 0 unspecified atom stereocenters. The normalized spacial score (nSPS) is 18.9. The molecule has 1 atom stereocenters. The number of hydrogen-bond donors (Lipinski definition) is 2. The number of nitrogens with one attached hydrogen (secondary N) is 2. The van der Waals surface area contributed by atoms with E-state index in [1.165, 1.54) is 18.2 Å². The van der Waals surface area contributed by atoms with Crippen LogP contribution in [0.4, 0.5) is 5.69 Å². The van der Waals surface area contributed by atoms with E-state index >= 15 is 0 Å². The summed E-state index contributed by atoms with van der Waals surface area (Å²) >= 11 is 5.79. The van der Waals surface area contributed by atoms with Crippen molar-refractivity contribution in [3.8, 4) is 0 Å². The van der Waals surface area contributed by atoms with Gasteiger partial charge in [0.25, 0.3) is 11.6 Å². The molecule has 19 heavy (non-hydrogen) atoms. The summed E-state index contributed by atoms with van der Waals surface area (Å²) in [7, 11) is 0. The van der Waals surface area contributed by atoms with Gasteiger partial charge < -0.3 is 10.6 Å². The fourth-order valence-electron chi connectivity index (χ4n) is 2.09. The van der Waals surface area contributed by atoms with Crippen molar-refractivity contribution >= 4 is 23.2 Å². The molecule has 2 rings (SSSR count). The first kappa shape index (κ1) is 13.8. The number of carbonyl (C=O) groups is 1. The van der Waals surface area contributed by atoms with Gasteiger partial charge >= 0.3 is 0 Å². The van der Waals surface area contributed by atoms with E-state index in [-0.39, 0.29) is 17.3 Å².